The summed E-state index contributed by atoms with van der Waals surface area (Å²) >= 11 is 0. The first-order valence-corrected chi connectivity index (χ1v) is 5.49. The van der Waals surface area contributed by atoms with Crippen LogP contribution in [0.4, 0.5) is 10.2 Å². The van der Waals surface area contributed by atoms with Crippen molar-refractivity contribution in [1.82, 2.24) is 14.5 Å². The number of benzene rings is 1. The average Bonchev–Trinajstić information content (AvgIpc) is 2.68. The predicted octanol–water partition coefficient (Wildman–Crippen LogP) is 2.36. The second-order valence-electron chi connectivity index (χ2n) is 4.10. The number of aromatic nitrogens is 3. The molecule has 0 aliphatic heterocycles. The normalized spacial score (nSPS) is 11.0. The number of aryl methyl sites for hydroxylation is 1. The minimum absolute atomic E-state index is 0.271. The zero-order chi connectivity index (χ0) is 12.7. The van der Waals surface area contributed by atoms with Crippen molar-refractivity contribution in [1.29, 1.82) is 0 Å². The van der Waals surface area contributed by atoms with Crippen LogP contribution in [-0.4, -0.2) is 14.5 Å². The summed E-state index contributed by atoms with van der Waals surface area (Å²) in [6, 6.07) is 8.10. The zero-order valence-electron chi connectivity index (χ0n) is 9.76. The third-order valence-electron chi connectivity index (χ3n) is 2.89. The van der Waals surface area contributed by atoms with Gasteiger partial charge in [0.2, 0.25) is 0 Å². The van der Waals surface area contributed by atoms with Crippen LogP contribution < -0.4 is 5.73 Å². The summed E-state index contributed by atoms with van der Waals surface area (Å²) in [7, 11) is 1.85. The standard InChI is InChI=1S/C13H11FN4/c1-18-11-6-9(14)3-4-10(11)17-13(18)8-2-5-12(15)16-7-8/h2-7H,1H3,(H2,15,16). The van der Waals surface area contributed by atoms with Gasteiger partial charge in [-0.25, -0.2) is 14.4 Å². The Morgan fingerprint density at radius 1 is 1.22 bits per heavy atom. The van der Waals surface area contributed by atoms with Gasteiger partial charge in [-0.15, -0.1) is 0 Å². The molecular weight excluding hydrogens is 231 g/mol. The maximum Gasteiger partial charge on any atom is 0.142 e. The summed E-state index contributed by atoms with van der Waals surface area (Å²) in [6.45, 7) is 0. The van der Waals surface area contributed by atoms with Gasteiger partial charge in [0, 0.05) is 18.8 Å². The quantitative estimate of drug-likeness (QED) is 0.712. The first-order valence-electron chi connectivity index (χ1n) is 5.49. The van der Waals surface area contributed by atoms with Gasteiger partial charge in [0.25, 0.3) is 0 Å². The minimum atomic E-state index is -0.271. The van der Waals surface area contributed by atoms with Crippen LogP contribution in [0, 0.1) is 5.82 Å². The maximum atomic E-state index is 13.2. The molecule has 18 heavy (non-hydrogen) atoms. The van der Waals surface area contributed by atoms with Crippen molar-refractivity contribution < 1.29 is 4.39 Å². The number of nitrogens with zero attached hydrogens (tertiary/aromatic N) is 3. The van der Waals surface area contributed by atoms with Gasteiger partial charge in [-0.1, -0.05) is 0 Å². The predicted molar refractivity (Wildman–Crippen MR) is 68.3 cm³/mol. The number of imidazole rings is 1. The second-order valence-corrected chi connectivity index (χ2v) is 4.10. The molecule has 0 bridgehead atoms. The van der Waals surface area contributed by atoms with E-state index in [0.717, 1.165) is 22.4 Å². The van der Waals surface area contributed by atoms with Crippen LogP contribution in [-0.2, 0) is 7.05 Å². The molecule has 0 aliphatic rings. The first kappa shape index (κ1) is 10.7. The molecule has 3 aromatic rings. The molecule has 2 aromatic heterocycles. The fraction of sp³-hybridized carbons (Fsp3) is 0.0769. The van der Waals surface area contributed by atoms with Gasteiger partial charge in [-0.3, -0.25) is 0 Å². The summed E-state index contributed by atoms with van der Waals surface area (Å²) in [6.07, 6.45) is 1.66. The summed E-state index contributed by atoms with van der Waals surface area (Å²) < 4.78 is 15.1. The Hall–Kier alpha value is -2.43. The van der Waals surface area contributed by atoms with E-state index in [1.807, 2.05) is 17.7 Å². The second kappa shape index (κ2) is 3.80. The third kappa shape index (κ3) is 1.60. The molecule has 0 fully saturated rings. The minimum Gasteiger partial charge on any atom is -0.384 e. The molecule has 90 valence electrons. The number of nitrogen functional groups attached to an aromatic ring is 1. The van der Waals surface area contributed by atoms with E-state index in [-0.39, 0.29) is 5.82 Å². The highest BCUT2D eigenvalue weighted by Gasteiger charge is 2.10. The van der Waals surface area contributed by atoms with E-state index in [0.29, 0.717) is 5.82 Å². The SMILES string of the molecule is Cn1c(-c2ccc(N)nc2)nc2ccc(F)cc21. The van der Waals surface area contributed by atoms with Crippen molar-refractivity contribution >= 4 is 16.9 Å². The van der Waals surface area contributed by atoms with Crippen molar-refractivity contribution in [2.75, 3.05) is 5.73 Å². The molecule has 2 N–H and O–H groups in total. The fourth-order valence-corrected chi connectivity index (χ4v) is 1.96. The Labute approximate surface area is 103 Å². The first-order chi connectivity index (χ1) is 8.65. The molecule has 0 aliphatic carbocycles. The monoisotopic (exact) mass is 242 g/mol. The number of fused-ring (bicyclic) bond motifs is 1. The van der Waals surface area contributed by atoms with Gasteiger partial charge >= 0.3 is 0 Å². The molecule has 0 saturated heterocycles. The highest BCUT2D eigenvalue weighted by Crippen LogP contribution is 2.23. The molecule has 0 spiro atoms. The molecule has 5 heteroatoms. The van der Waals surface area contributed by atoms with Gasteiger partial charge < -0.3 is 10.3 Å². The average molecular weight is 242 g/mol. The largest absolute Gasteiger partial charge is 0.384 e. The Kier molecular flexibility index (Phi) is 2.26. The van der Waals surface area contributed by atoms with Crippen molar-refractivity contribution in [3.8, 4) is 11.4 Å². The van der Waals surface area contributed by atoms with E-state index in [1.54, 1.807) is 18.3 Å². The number of nitrogens with two attached hydrogens (primary N) is 1. The van der Waals surface area contributed by atoms with Crippen molar-refractivity contribution in [3.63, 3.8) is 0 Å². The highest BCUT2D eigenvalue weighted by atomic mass is 19.1. The number of hydrogen-bond donors (Lipinski definition) is 1. The summed E-state index contributed by atoms with van der Waals surface area (Å²) in [5.41, 5.74) is 7.91. The third-order valence-corrected chi connectivity index (χ3v) is 2.89. The lowest BCUT2D eigenvalue weighted by Gasteiger charge is -2.02. The number of rotatable bonds is 1. The van der Waals surface area contributed by atoms with Crippen molar-refractivity contribution in [2.24, 2.45) is 7.05 Å². The highest BCUT2D eigenvalue weighted by molar-refractivity contribution is 5.80. The molecule has 2 heterocycles. The lowest BCUT2D eigenvalue weighted by atomic mass is 10.2. The molecule has 4 nitrogen and oxygen atoms in total. The molecule has 0 radical (unpaired) electrons. The van der Waals surface area contributed by atoms with Crippen molar-refractivity contribution in [3.05, 3.63) is 42.3 Å². The molecule has 1 aromatic carbocycles. The Morgan fingerprint density at radius 3 is 2.78 bits per heavy atom. The van der Waals surface area contributed by atoms with Crippen LogP contribution in [0.25, 0.3) is 22.4 Å². The van der Waals surface area contributed by atoms with E-state index in [9.17, 15) is 4.39 Å². The van der Waals surface area contributed by atoms with Gasteiger partial charge in [0.1, 0.15) is 17.5 Å². The topological polar surface area (TPSA) is 56.7 Å². The lowest BCUT2D eigenvalue weighted by molar-refractivity contribution is 0.629. The Bertz CT molecular complexity index is 716. The van der Waals surface area contributed by atoms with Gasteiger partial charge in [0.15, 0.2) is 0 Å². The van der Waals surface area contributed by atoms with E-state index in [1.165, 1.54) is 12.1 Å². The Morgan fingerprint density at radius 2 is 2.06 bits per heavy atom. The number of halogens is 1. The number of pyridine rings is 1. The number of hydrogen-bond acceptors (Lipinski definition) is 3. The van der Waals surface area contributed by atoms with E-state index in [4.69, 9.17) is 5.73 Å². The van der Waals surface area contributed by atoms with E-state index >= 15 is 0 Å². The fourth-order valence-electron chi connectivity index (χ4n) is 1.96. The van der Waals surface area contributed by atoms with E-state index < -0.39 is 0 Å². The smallest absolute Gasteiger partial charge is 0.142 e. The van der Waals surface area contributed by atoms with Crippen LogP contribution in [0.1, 0.15) is 0 Å². The summed E-state index contributed by atoms with van der Waals surface area (Å²) in [5, 5.41) is 0. The molecule has 0 amide bonds. The van der Waals surface area contributed by atoms with Crippen molar-refractivity contribution in [2.45, 2.75) is 0 Å². The maximum absolute atomic E-state index is 13.2. The van der Waals surface area contributed by atoms with Crippen LogP contribution in [0.2, 0.25) is 0 Å². The summed E-state index contributed by atoms with van der Waals surface area (Å²) in [5.74, 6) is 0.930. The van der Waals surface area contributed by atoms with Crippen LogP contribution >= 0.6 is 0 Å². The zero-order valence-corrected chi connectivity index (χ0v) is 9.76. The molecule has 0 atom stereocenters. The van der Waals surface area contributed by atoms with Crippen LogP contribution in [0.15, 0.2) is 36.5 Å². The molecule has 0 unspecified atom stereocenters. The van der Waals surface area contributed by atoms with E-state index in [2.05, 4.69) is 9.97 Å². The lowest BCUT2D eigenvalue weighted by Crippen LogP contribution is -1.94. The van der Waals surface area contributed by atoms with Crippen LogP contribution in [0.3, 0.4) is 0 Å². The number of anilines is 1. The molecular formula is C13H11FN4. The van der Waals surface area contributed by atoms with Gasteiger partial charge in [0.05, 0.1) is 11.0 Å². The molecule has 0 saturated carbocycles. The van der Waals surface area contributed by atoms with Gasteiger partial charge in [-0.2, -0.15) is 0 Å². The summed E-state index contributed by atoms with van der Waals surface area (Å²) in [4.78, 5) is 8.50. The van der Waals surface area contributed by atoms with Crippen LogP contribution in [0.5, 0.6) is 0 Å². The molecule has 3 rings (SSSR count). The van der Waals surface area contributed by atoms with Gasteiger partial charge in [-0.05, 0) is 30.3 Å². The Balaban J connectivity index is 2.23.